The highest BCUT2D eigenvalue weighted by Crippen LogP contribution is 2.29. The van der Waals surface area contributed by atoms with Gasteiger partial charge in [-0.2, -0.15) is 0 Å². The Bertz CT molecular complexity index is 660. The van der Waals surface area contributed by atoms with Crippen LogP contribution in [-0.4, -0.2) is 18.1 Å². The van der Waals surface area contributed by atoms with E-state index in [0.29, 0.717) is 16.4 Å². The van der Waals surface area contributed by atoms with Crippen molar-refractivity contribution in [2.75, 3.05) is 12.4 Å². The molecule has 2 rings (SSSR count). The molecule has 6 heteroatoms. The Morgan fingerprint density at radius 3 is 2.70 bits per heavy atom. The molecule has 20 heavy (non-hydrogen) atoms. The lowest BCUT2D eigenvalue weighted by atomic mass is 10.2. The van der Waals surface area contributed by atoms with E-state index in [4.69, 9.17) is 27.9 Å². The van der Waals surface area contributed by atoms with Crippen LogP contribution in [0.25, 0.3) is 0 Å². The van der Waals surface area contributed by atoms with E-state index in [2.05, 4.69) is 10.3 Å². The lowest BCUT2D eigenvalue weighted by Crippen LogP contribution is -2.06. The van der Waals surface area contributed by atoms with Crippen molar-refractivity contribution < 1.29 is 9.53 Å². The smallest absolute Gasteiger partial charge is 0.341 e. The molecule has 0 saturated heterocycles. The van der Waals surface area contributed by atoms with Crippen molar-refractivity contribution in [3.63, 3.8) is 0 Å². The Balaban J connectivity index is 2.44. The highest BCUT2D eigenvalue weighted by atomic mass is 35.5. The van der Waals surface area contributed by atoms with E-state index in [1.807, 2.05) is 19.1 Å². The van der Waals surface area contributed by atoms with Crippen molar-refractivity contribution in [3.05, 3.63) is 51.8 Å². The number of nitrogens with zero attached hydrogens (tertiary/aromatic N) is 1. The predicted molar refractivity (Wildman–Crippen MR) is 80.1 cm³/mol. The molecule has 0 bridgehead atoms. The number of halogens is 2. The summed E-state index contributed by atoms with van der Waals surface area (Å²) < 4.78 is 4.71. The SMILES string of the molecule is COC(=O)c1cnc(Cl)cc1Nc1cc(C)ccc1Cl. The van der Waals surface area contributed by atoms with Crippen molar-refractivity contribution in [2.45, 2.75) is 6.92 Å². The molecule has 1 N–H and O–H groups in total. The number of aryl methyl sites for hydroxylation is 1. The average Bonchev–Trinajstić information content (AvgIpc) is 2.42. The molecule has 0 radical (unpaired) electrons. The first kappa shape index (κ1) is 14.6. The summed E-state index contributed by atoms with van der Waals surface area (Å²) in [7, 11) is 1.31. The molecule has 0 atom stereocenters. The van der Waals surface area contributed by atoms with Crippen molar-refractivity contribution in [3.8, 4) is 0 Å². The molecule has 0 fully saturated rings. The van der Waals surface area contributed by atoms with Crippen molar-refractivity contribution >= 4 is 40.5 Å². The zero-order chi connectivity index (χ0) is 14.7. The lowest BCUT2D eigenvalue weighted by Gasteiger charge is -2.12. The Morgan fingerprint density at radius 1 is 1.25 bits per heavy atom. The second kappa shape index (κ2) is 6.11. The van der Waals surface area contributed by atoms with Crippen LogP contribution in [0.2, 0.25) is 10.2 Å². The van der Waals surface area contributed by atoms with Crippen LogP contribution >= 0.6 is 23.2 Å². The first-order valence-electron chi connectivity index (χ1n) is 5.78. The van der Waals surface area contributed by atoms with Crippen molar-refractivity contribution in [1.29, 1.82) is 0 Å². The number of esters is 1. The molecule has 4 nitrogen and oxygen atoms in total. The van der Waals surface area contributed by atoms with Crippen LogP contribution in [-0.2, 0) is 4.74 Å². The number of carbonyl (C=O) groups is 1. The van der Waals surface area contributed by atoms with Gasteiger partial charge in [-0.1, -0.05) is 29.3 Å². The number of ether oxygens (including phenoxy) is 1. The number of benzene rings is 1. The van der Waals surface area contributed by atoms with E-state index in [9.17, 15) is 4.79 Å². The molecule has 0 spiro atoms. The number of pyridine rings is 1. The summed E-state index contributed by atoms with van der Waals surface area (Å²) in [5.74, 6) is -0.500. The Kier molecular flexibility index (Phi) is 4.47. The average molecular weight is 311 g/mol. The summed E-state index contributed by atoms with van der Waals surface area (Å²) in [6.07, 6.45) is 1.36. The molecule has 1 aromatic carbocycles. The minimum Gasteiger partial charge on any atom is -0.465 e. The zero-order valence-electron chi connectivity index (χ0n) is 10.9. The molecular formula is C14H12Cl2N2O2. The van der Waals surface area contributed by atoms with Crippen molar-refractivity contribution in [1.82, 2.24) is 4.98 Å². The van der Waals surface area contributed by atoms with Gasteiger partial charge >= 0.3 is 5.97 Å². The van der Waals surface area contributed by atoms with E-state index in [-0.39, 0.29) is 10.7 Å². The third-order valence-electron chi connectivity index (χ3n) is 2.67. The number of carbonyl (C=O) groups excluding carboxylic acids is 1. The van der Waals surface area contributed by atoms with Gasteiger partial charge in [-0.25, -0.2) is 9.78 Å². The molecule has 0 saturated carbocycles. The molecule has 1 heterocycles. The van der Waals surface area contributed by atoms with Gasteiger partial charge in [0.25, 0.3) is 0 Å². The van der Waals surface area contributed by atoms with Gasteiger partial charge < -0.3 is 10.1 Å². The van der Waals surface area contributed by atoms with Gasteiger partial charge in [0, 0.05) is 6.20 Å². The number of methoxy groups -OCH3 is 1. The molecule has 0 amide bonds. The maximum Gasteiger partial charge on any atom is 0.341 e. The van der Waals surface area contributed by atoms with Crippen LogP contribution in [0.3, 0.4) is 0 Å². The predicted octanol–water partition coefficient (Wildman–Crippen LogP) is 4.23. The van der Waals surface area contributed by atoms with Crippen LogP contribution in [0.5, 0.6) is 0 Å². The first-order chi connectivity index (χ1) is 9.51. The largest absolute Gasteiger partial charge is 0.465 e. The summed E-state index contributed by atoms with van der Waals surface area (Å²) in [4.78, 5) is 15.6. The number of rotatable bonds is 3. The van der Waals surface area contributed by atoms with Gasteiger partial charge in [-0.3, -0.25) is 0 Å². The van der Waals surface area contributed by atoms with Gasteiger partial charge in [0.05, 0.1) is 23.5 Å². The molecule has 0 aliphatic rings. The van der Waals surface area contributed by atoms with Gasteiger partial charge in [-0.15, -0.1) is 0 Å². The van der Waals surface area contributed by atoms with Gasteiger partial charge in [0.15, 0.2) is 0 Å². The Hall–Kier alpha value is -1.78. The fourth-order valence-electron chi connectivity index (χ4n) is 1.69. The number of aromatic nitrogens is 1. The van der Waals surface area contributed by atoms with Gasteiger partial charge in [0.1, 0.15) is 10.7 Å². The molecule has 104 valence electrons. The molecule has 0 aliphatic carbocycles. The summed E-state index contributed by atoms with van der Waals surface area (Å²) in [6.45, 7) is 1.95. The van der Waals surface area contributed by atoms with E-state index >= 15 is 0 Å². The van der Waals surface area contributed by atoms with E-state index in [0.717, 1.165) is 5.56 Å². The number of anilines is 2. The molecule has 0 aliphatic heterocycles. The highest BCUT2D eigenvalue weighted by molar-refractivity contribution is 6.33. The fourth-order valence-corrected chi connectivity index (χ4v) is 2.01. The Morgan fingerprint density at radius 2 is 2.00 bits per heavy atom. The Labute approximate surface area is 126 Å². The highest BCUT2D eigenvalue weighted by Gasteiger charge is 2.14. The summed E-state index contributed by atoms with van der Waals surface area (Å²) in [5, 5.41) is 3.89. The summed E-state index contributed by atoms with van der Waals surface area (Å²) in [6, 6.07) is 7.10. The minimum atomic E-state index is -0.500. The number of hydrogen-bond acceptors (Lipinski definition) is 4. The van der Waals surface area contributed by atoms with Crippen LogP contribution < -0.4 is 5.32 Å². The topological polar surface area (TPSA) is 51.2 Å². The fraction of sp³-hybridized carbons (Fsp3) is 0.143. The maximum absolute atomic E-state index is 11.7. The second-order valence-corrected chi connectivity index (χ2v) is 4.95. The van der Waals surface area contributed by atoms with Gasteiger partial charge in [-0.05, 0) is 30.7 Å². The minimum absolute atomic E-state index is 0.268. The third-order valence-corrected chi connectivity index (χ3v) is 3.20. The normalized spacial score (nSPS) is 10.2. The molecular weight excluding hydrogens is 299 g/mol. The van der Waals surface area contributed by atoms with Crippen LogP contribution in [0.15, 0.2) is 30.5 Å². The summed E-state index contributed by atoms with van der Waals surface area (Å²) in [5.41, 5.74) is 2.49. The first-order valence-corrected chi connectivity index (χ1v) is 6.54. The number of nitrogens with one attached hydrogen (secondary N) is 1. The molecule has 1 aromatic heterocycles. The van der Waals surface area contributed by atoms with Crippen molar-refractivity contribution in [2.24, 2.45) is 0 Å². The standard InChI is InChI=1S/C14H12Cl2N2O2/c1-8-3-4-10(15)12(5-8)18-11-6-13(16)17-7-9(11)14(19)20-2/h3-7H,1-2H3,(H,17,18). The second-order valence-electron chi connectivity index (χ2n) is 4.15. The van der Waals surface area contributed by atoms with Crippen LogP contribution in [0, 0.1) is 6.92 Å². The maximum atomic E-state index is 11.7. The quantitative estimate of drug-likeness (QED) is 0.681. The van der Waals surface area contributed by atoms with E-state index in [1.165, 1.54) is 13.3 Å². The molecule has 0 unspecified atom stereocenters. The molecule has 2 aromatic rings. The number of hydrogen-bond donors (Lipinski definition) is 1. The third kappa shape index (κ3) is 3.21. The zero-order valence-corrected chi connectivity index (χ0v) is 12.4. The van der Waals surface area contributed by atoms with Crippen LogP contribution in [0.1, 0.15) is 15.9 Å². The monoisotopic (exact) mass is 310 g/mol. The van der Waals surface area contributed by atoms with E-state index < -0.39 is 5.97 Å². The van der Waals surface area contributed by atoms with Crippen LogP contribution in [0.4, 0.5) is 11.4 Å². The summed E-state index contributed by atoms with van der Waals surface area (Å²) >= 11 is 12.0. The lowest BCUT2D eigenvalue weighted by molar-refractivity contribution is 0.0601. The van der Waals surface area contributed by atoms with Gasteiger partial charge in [0.2, 0.25) is 0 Å². The van der Waals surface area contributed by atoms with E-state index in [1.54, 1.807) is 12.1 Å².